The number of aryl methyl sites for hydroxylation is 1. The number of aromatic nitrogens is 1. The second-order valence-electron chi connectivity index (χ2n) is 7.12. The number of thiazole rings is 1. The van der Waals surface area contributed by atoms with E-state index in [1.807, 2.05) is 16.7 Å². The van der Waals surface area contributed by atoms with E-state index in [2.05, 4.69) is 15.3 Å². The Bertz CT molecular complexity index is 642. The quantitative estimate of drug-likeness (QED) is 0.831. The van der Waals surface area contributed by atoms with Crippen LogP contribution in [0, 0.1) is 12.8 Å². The van der Waals surface area contributed by atoms with E-state index in [9.17, 15) is 9.59 Å². The normalized spacial score (nSPS) is 25.3. The summed E-state index contributed by atoms with van der Waals surface area (Å²) in [4.78, 5) is 35.7. The molecule has 1 aliphatic carbocycles. The van der Waals surface area contributed by atoms with E-state index >= 15 is 0 Å². The molecule has 0 spiro atoms. The predicted molar refractivity (Wildman–Crippen MR) is 93.1 cm³/mol. The van der Waals surface area contributed by atoms with Crippen LogP contribution in [0.5, 0.6) is 0 Å². The van der Waals surface area contributed by atoms with Gasteiger partial charge in [-0.3, -0.25) is 9.59 Å². The minimum atomic E-state index is -0.133. The van der Waals surface area contributed by atoms with Gasteiger partial charge in [0.05, 0.1) is 11.6 Å². The van der Waals surface area contributed by atoms with E-state index in [-0.39, 0.29) is 17.7 Å². The SMILES string of the molecule is Cc1csc(N2CCCN(C(=O)[C@H]3CC(=O)N(C4CC4)C3)CC2)n1. The maximum atomic E-state index is 12.9. The number of rotatable bonds is 3. The molecular weight excluding hydrogens is 324 g/mol. The van der Waals surface area contributed by atoms with E-state index in [0.717, 1.165) is 56.3 Å². The lowest BCUT2D eigenvalue weighted by Gasteiger charge is -2.24. The standard InChI is InChI=1S/C17H24N4O2S/c1-12-11-24-17(18-12)20-6-2-5-19(7-8-20)16(23)13-9-15(22)21(10-13)14-3-4-14/h11,13-14H,2-10H2,1H3/t13-/m0/s1. The number of nitrogens with zero attached hydrogens (tertiary/aromatic N) is 4. The number of likely N-dealkylation sites (tertiary alicyclic amines) is 1. The van der Waals surface area contributed by atoms with Crippen molar-refractivity contribution in [2.24, 2.45) is 5.92 Å². The summed E-state index contributed by atoms with van der Waals surface area (Å²) in [6.45, 7) is 5.92. The minimum Gasteiger partial charge on any atom is -0.346 e. The lowest BCUT2D eigenvalue weighted by Crippen LogP contribution is -2.40. The molecule has 2 amide bonds. The van der Waals surface area contributed by atoms with Gasteiger partial charge in [0, 0.05) is 50.6 Å². The van der Waals surface area contributed by atoms with Crippen LogP contribution >= 0.6 is 11.3 Å². The highest BCUT2D eigenvalue weighted by Gasteiger charge is 2.42. The van der Waals surface area contributed by atoms with Crippen molar-refractivity contribution in [2.45, 2.75) is 38.6 Å². The van der Waals surface area contributed by atoms with Crippen LogP contribution in [0.1, 0.15) is 31.4 Å². The van der Waals surface area contributed by atoms with Crippen molar-refractivity contribution < 1.29 is 9.59 Å². The molecule has 1 atom stereocenters. The molecule has 7 heteroatoms. The van der Waals surface area contributed by atoms with Crippen LogP contribution in [-0.4, -0.2) is 65.4 Å². The first-order valence-electron chi connectivity index (χ1n) is 8.87. The topological polar surface area (TPSA) is 56.8 Å². The fraction of sp³-hybridized carbons (Fsp3) is 0.706. The van der Waals surface area contributed by atoms with Crippen LogP contribution in [0.15, 0.2) is 5.38 Å². The van der Waals surface area contributed by atoms with Crippen molar-refractivity contribution in [3.05, 3.63) is 11.1 Å². The molecule has 0 bridgehead atoms. The molecule has 3 fully saturated rings. The van der Waals surface area contributed by atoms with Crippen LogP contribution in [0.3, 0.4) is 0 Å². The van der Waals surface area contributed by atoms with Gasteiger partial charge in [-0.05, 0) is 26.2 Å². The van der Waals surface area contributed by atoms with Crippen molar-refractivity contribution >= 4 is 28.3 Å². The fourth-order valence-corrected chi connectivity index (χ4v) is 4.57. The van der Waals surface area contributed by atoms with Crippen LogP contribution < -0.4 is 4.90 Å². The molecule has 0 aromatic carbocycles. The molecule has 3 heterocycles. The molecule has 0 radical (unpaired) electrons. The monoisotopic (exact) mass is 348 g/mol. The van der Waals surface area contributed by atoms with Gasteiger partial charge in [0.2, 0.25) is 11.8 Å². The number of amides is 2. The molecule has 130 valence electrons. The highest BCUT2D eigenvalue weighted by Crippen LogP contribution is 2.33. The van der Waals surface area contributed by atoms with Crippen molar-refractivity contribution in [1.82, 2.24) is 14.8 Å². The third-order valence-electron chi connectivity index (χ3n) is 5.18. The Labute approximate surface area is 146 Å². The Hall–Kier alpha value is -1.63. The van der Waals surface area contributed by atoms with E-state index in [4.69, 9.17) is 0 Å². The summed E-state index contributed by atoms with van der Waals surface area (Å²) < 4.78 is 0. The molecule has 3 aliphatic rings. The van der Waals surface area contributed by atoms with E-state index in [1.54, 1.807) is 11.3 Å². The molecule has 24 heavy (non-hydrogen) atoms. The number of hydrogen-bond donors (Lipinski definition) is 0. The number of carbonyl (C=O) groups is 2. The summed E-state index contributed by atoms with van der Waals surface area (Å²) in [5.74, 6) is 0.209. The minimum absolute atomic E-state index is 0.133. The maximum Gasteiger partial charge on any atom is 0.228 e. The zero-order valence-corrected chi connectivity index (χ0v) is 14.9. The lowest BCUT2D eigenvalue weighted by molar-refractivity contribution is -0.135. The first kappa shape index (κ1) is 15.9. The lowest BCUT2D eigenvalue weighted by atomic mass is 10.1. The fourth-order valence-electron chi connectivity index (χ4n) is 3.71. The summed E-state index contributed by atoms with van der Waals surface area (Å²) in [6.07, 6.45) is 3.58. The van der Waals surface area contributed by atoms with Crippen molar-refractivity contribution in [1.29, 1.82) is 0 Å². The Morgan fingerprint density at radius 3 is 2.79 bits per heavy atom. The Kier molecular flexibility index (Phi) is 4.20. The van der Waals surface area contributed by atoms with Crippen molar-refractivity contribution in [3.63, 3.8) is 0 Å². The van der Waals surface area contributed by atoms with Gasteiger partial charge in [0.15, 0.2) is 5.13 Å². The summed E-state index contributed by atoms with van der Waals surface area (Å²) in [5.41, 5.74) is 1.05. The van der Waals surface area contributed by atoms with Gasteiger partial charge in [-0.25, -0.2) is 4.98 Å². The number of hydrogen-bond acceptors (Lipinski definition) is 5. The third kappa shape index (κ3) is 3.14. The summed E-state index contributed by atoms with van der Waals surface area (Å²) >= 11 is 1.67. The summed E-state index contributed by atoms with van der Waals surface area (Å²) in [5, 5.41) is 3.12. The highest BCUT2D eigenvalue weighted by molar-refractivity contribution is 7.13. The van der Waals surface area contributed by atoms with E-state index in [0.29, 0.717) is 19.0 Å². The highest BCUT2D eigenvalue weighted by atomic mass is 32.1. The number of carbonyl (C=O) groups excluding carboxylic acids is 2. The van der Waals surface area contributed by atoms with Gasteiger partial charge in [-0.2, -0.15) is 0 Å². The van der Waals surface area contributed by atoms with Crippen LogP contribution in [0.4, 0.5) is 5.13 Å². The zero-order valence-electron chi connectivity index (χ0n) is 14.1. The van der Waals surface area contributed by atoms with Crippen LogP contribution in [-0.2, 0) is 9.59 Å². The first-order chi connectivity index (χ1) is 11.6. The van der Waals surface area contributed by atoms with Crippen LogP contribution in [0.2, 0.25) is 0 Å². The molecule has 0 unspecified atom stereocenters. The van der Waals surface area contributed by atoms with Gasteiger partial charge in [0.25, 0.3) is 0 Å². The van der Waals surface area contributed by atoms with Crippen molar-refractivity contribution in [3.8, 4) is 0 Å². The molecule has 6 nitrogen and oxygen atoms in total. The van der Waals surface area contributed by atoms with Gasteiger partial charge < -0.3 is 14.7 Å². The third-order valence-corrected chi connectivity index (χ3v) is 6.20. The second-order valence-corrected chi connectivity index (χ2v) is 7.95. The van der Waals surface area contributed by atoms with Gasteiger partial charge >= 0.3 is 0 Å². The Morgan fingerprint density at radius 1 is 1.25 bits per heavy atom. The molecule has 0 N–H and O–H groups in total. The van der Waals surface area contributed by atoms with Gasteiger partial charge in [0.1, 0.15) is 0 Å². The van der Waals surface area contributed by atoms with Gasteiger partial charge in [-0.15, -0.1) is 11.3 Å². The molecule has 1 aromatic heterocycles. The average molecular weight is 348 g/mol. The molecule has 4 rings (SSSR count). The number of anilines is 1. The Morgan fingerprint density at radius 2 is 2.08 bits per heavy atom. The van der Waals surface area contributed by atoms with Crippen molar-refractivity contribution in [2.75, 3.05) is 37.6 Å². The molecule has 1 saturated carbocycles. The predicted octanol–water partition coefficient (Wildman–Crippen LogP) is 1.50. The largest absolute Gasteiger partial charge is 0.346 e. The average Bonchev–Trinajstić information content (AvgIpc) is 3.27. The summed E-state index contributed by atoms with van der Waals surface area (Å²) in [6, 6.07) is 0.420. The van der Waals surface area contributed by atoms with Gasteiger partial charge in [-0.1, -0.05) is 0 Å². The Balaban J connectivity index is 1.36. The smallest absolute Gasteiger partial charge is 0.228 e. The molecule has 1 aromatic rings. The first-order valence-corrected chi connectivity index (χ1v) is 9.75. The summed E-state index contributed by atoms with van der Waals surface area (Å²) in [7, 11) is 0. The van der Waals surface area contributed by atoms with E-state index < -0.39 is 0 Å². The zero-order chi connectivity index (χ0) is 16.7. The molecular formula is C17H24N4O2S. The van der Waals surface area contributed by atoms with Crippen LogP contribution in [0.25, 0.3) is 0 Å². The molecule has 2 saturated heterocycles. The second kappa shape index (κ2) is 6.35. The maximum absolute atomic E-state index is 12.9. The molecule has 2 aliphatic heterocycles. The van der Waals surface area contributed by atoms with E-state index in [1.165, 1.54) is 0 Å².